The standard InChI is InChI=1S/C26H21F3N4O4S/c1-16-21(23-14-30-10-11-31-23)13-22(24(34)32-16)25(35)33(19-5-3-4-18(12-19)26(27,28)29)15-17-6-8-20(9-7-17)38(2,36)37/h3-14H,15H2,1-2H3,(H,32,34). The zero-order chi connectivity index (χ0) is 27.7. The Morgan fingerprint density at radius 1 is 1.05 bits per heavy atom. The number of amides is 1. The number of H-pyrrole nitrogens is 1. The highest BCUT2D eigenvalue weighted by Gasteiger charge is 2.32. The van der Waals surface area contributed by atoms with Crippen molar-refractivity contribution in [1.29, 1.82) is 0 Å². The molecule has 0 fully saturated rings. The molecule has 196 valence electrons. The van der Waals surface area contributed by atoms with Crippen molar-refractivity contribution in [2.75, 3.05) is 11.2 Å². The summed E-state index contributed by atoms with van der Waals surface area (Å²) in [6, 6.07) is 11.1. The Morgan fingerprint density at radius 2 is 1.76 bits per heavy atom. The van der Waals surface area contributed by atoms with Gasteiger partial charge in [0.05, 0.1) is 28.9 Å². The molecular formula is C26H21F3N4O4S. The van der Waals surface area contributed by atoms with Gasteiger partial charge in [0.2, 0.25) is 0 Å². The summed E-state index contributed by atoms with van der Waals surface area (Å²) in [6.45, 7) is 1.38. The van der Waals surface area contributed by atoms with E-state index in [1.165, 1.54) is 55.0 Å². The van der Waals surface area contributed by atoms with E-state index in [1.807, 2.05) is 0 Å². The van der Waals surface area contributed by atoms with Crippen molar-refractivity contribution < 1.29 is 26.4 Å². The number of sulfone groups is 1. The van der Waals surface area contributed by atoms with Gasteiger partial charge in [0.25, 0.3) is 11.5 Å². The maximum absolute atomic E-state index is 13.7. The number of aryl methyl sites for hydroxylation is 1. The molecule has 1 amide bonds. The van der Waals surface area contributed by atoms with Crippen LogP contribution in [-0.2, 0) is 22.6 Å². The van der Waals surface area contributed by atoms with Gasteiger partial charge in [0.15, 0.2) is 9.84 Å². The third-order valence-corrected chi connectivity index (χ3v) is 6.86. The fourth-order valence-electron chi connectivity index (χ4n) is 3.79. The maximum Gasteiger partial charge on any atom is 0.416 e. The highest BCUT2D eigenvalue weighted by molar-refractivity contribution is 7.90. The number of aromatic nitrogens is 3. The van der Waals surface area contributed by atoms with Crippen molar-refractivity contribution >= 4 is 21.4 Å². The molecule has 2 aromatic heterocycles. The summed E-state index contributed by atoms with van der Waals surface area (Å²) in [5.41, 5.74) is -0.461. The number of carbonyl (C=O) groups excluding carboxylic acids is 1. The van der Waals surface area contributed by atoms with Crippen LogP contribution in [0.5, 0.6) is 0 Å². The number of carbonyl (C=O) groups is 1. The smallest absolute Gasteiger partial charge is 0.325 e. The molecule has 0 unspecified atom stereocenters. The molecule has 2 aromatic carbocycles. The molecule has 1 N–H and O–H groups in total. The Balaban J connectivity index is 1.82. The zero-order valence-corrected chi connectivity index (χ0v) is 21.0. The molecule has 0 bridgehead atoms. The van der Waals surface area contributed by atoms with Crippen LogP contribution in [-0.4, -0.2) is 35.5 Å². The first kappa shape index (κ1) is 26.7. The number of hydrogen-bond donors (Lipinski definition) is 1. The second-order valence-corrected chi connectivity index (χ2v) is 10.5. The number of alkyl halides is 3. The van der Waals surface area contributed by atoms with Crippen LogP contribution in [0, 0.1) is 6.92 Å². The Hall–Kier alpha value is -4.32. The van der Waals surface area contributed by atoms with Crippen molar-refractivity contribution in [2.24, 2.45) is 0 Å². The molecule has 12 heteroatoms. The van der Waals surface area contributed by atoms with Gasteiger partial charge in [0, 0.05) is 35.6 Å². The molecule has 0 saturated carbocycles. The number of nitrogens with one attached hydrogen (secondary N) is 1. The van der Waals surface area contributed by atoms with E-state index in [2.05, 4.69) is 15.0 Å². The molecule has 0 saturated heterocycles. The van der Waals surface area contributed by atoms with Gasteiger partial charge in [0.1, 0.15) is 5.56 Å². The van der Waals surface area contributed by atoms with Gasteiger partial charge in [-0.25, -0.2) is 8.42 Å². The van der Waals surface area contributed by atoms with E-state index < -0.39 is 33.0 Å². The van der Waals surface area contributed by atoms with Crippen LogP contribution < -0.4 is 10.5 Å². The molecule has 8 nitrogen and oxygen atoms in total. The lowest BCUT2D eigenvalue weighted by Gasteiger charge is -2.24. The van der Waals surface area contributed by atoms with Gasteiger partial charge in [-0.1, -0.05) is 18.2 Å². The topological polar surface area (TPSA) is 113 Å². The number of benzene rings is 2. The van der Waals surface area contributed by atoms with Crippen LogP contribution in [0.1, 0.15) is 27.2 Å². The highest BCUT2D eigenvalue weighted by atomic mass is 32.2. The SMILES string of the molecule is Cc1[nH]c(=O)c(C(=O)N(Cc2ccc(S(C)(=O)=O)cc2)c2cccc(C(F)(F)F)c2)cc1-c1cnccn1. The molecule has 4 aromatic rings. The summed E-state index contributed by atoms with van der Waals surface area (Å²) >= 11 is 0. The van der Waals surface area contributed by atoms with Gasteiger partial charge >= 0.3 is 6.18 Å². The normalized spacial score (nSPS) is 11.8. The monoisotopic (exact) mass is 542 g/mol. The lowest BCUT2D eigenvalue weighted by atomic mass is 10.1. The number of pyridine rings is 1. The summed E-state index contributed by atoms with van der Waals surface area (Å²) in [6.07, 6.45) is 0.724. The molecule has 38 heavy (non-hydrogen) atoms. The van der Waals surface area contributed by atoms with E-state index in [4.69, 9.17) is 0 Å². The minimum atomic E-state index is -4.66. The lowest BCUT2D eigenvalue weighted by molar-refractivity contribution is -0.137. The summed E-state index contributed by atoms with van der Waals surface area (Å²) < 4.78 is 64.0. The van der Waals surface area contributed by atoms with Gasteiger partial charge in [-0.15, -0.1) is 0 Å². The molecule has 0 radical (unpaired) electrons. The first-order valence-electron chi connectivity index (χ1n) is 11.1. The summed E-state index contributed by atoms with van der Waals surface area (Å²) in [5.74, 6) is -0.858. The summed E-state index contributed by atoms with van der Waals surface area (Å²) in [7, 11) is -3.48. The van der Waals surface area contributed by atoms with Gasteiger partial charge in [-0.3, -0.25) is 19.6 Å². The van der Waals surface area contributed by atoms with Crippen molar-refractivity contribution in [3.63, 3.8) is 0 Å². The predicted octanol–water partition coefficient (Wildman–Crippen LogP) is 4.41. The predicted molar refractivity (Wildman–Crippen MR) is 134 cm³/mol. The number of halogens is 3. The van der Waals surface area contributed by atoms with Crippen molar-refractivity contribution in [1.82, 2.24) is 15.0 Å². The first-order valence-corrected chi connectivity index (χ1v) is 13.0. The maximum atomic E-state index is 13.7. The van der Waals surface area contributed by atoms with Crippen LogP contribution in [0.3, 0.4) is 0 Å². The average Bonchev–Trinajstić information content (AvgIpc) is 2.87. The Morgan fingerprint density at radius 3 is 2.37 bits per heavy atom. The number of anilines is 1. The van der Waals surface area contributed by atoms with Gasteiger partial charge in [-0.2, -0.15) is 13.2 Å². The van der Waals surface area contributed by atoms with Gasteiger partial charge in [-0.05, 0) is 48.9 Å². The number of rotatable bonds is 6. The molecule has 0 aliphatic carbocycles. The van der Waals surface area contributed by atoms with E-state index in [0.717, 1.165) is 29.4 Å². The minimum Gasteiger partial charge on any atom is -0.325 e. The second kappa shape index (κ2) is 10.2. The van der Waals surface area contributed by atoms with Crippen LogP contribution in [0.25, 0.3) is 11.3 Å². The highest BCUT2D eigenvalue weighted by Crippen LogP contribution is 2.32. The van der Waals surface area contributed by atoms with Crippen molar-refractivity contribution in [2.45, 2.75) is 24.5 Å². The van der Waals surface area contributed by atoms with Crippen LogP contribution >= 0.6 is 0 Å². The first-order chi connectivity index (χ1) is 17.8. The molecule has 0 aliphatic rings. The summed E-state index contributed by atoms with van der Waals surface area (Å²) in [5, 5.41) is 0. The van der Waals surface area contributed by atoms with E-state index in [1.54, 1.807) is 6.92 Å². The fourth-order valence-corrected chi connectivity index (χ4v) is 4.42. The molecular weight excluding hydrogens is 521 g/mol. The number of aromatic amines is 1. The molecule has 0 aliphatic heterocycles. The van der Waals surface area contributed by atoms with Crippen LogP contribution in [0.4, 0.5) is 18.9 Å². The molecule has 4 rings (SSSR count). The quantitative estimate of drug-likeness (QED) is 0.386. The Kier molecular flexibility index (Phi) is 7.18. The van der Waals surface area contributed by atoms with Crippen LogP contribution in [0.2, 0.25) is 0 Å². The molecule has 0 atom stereocenters. The molecule has 0 spiro atoms. The third kappa shape index (κ3) is 5.80. The lowest BCUT2D eigenvalue weighted by Crippen LogP contribution is -2.35. The van der Waals surface area contributed by atoms with Crippen LogP contribution in [0.15, 0.2) is 82.9 Å². The van der Waals surface area contributed by atoms with E-state index in [-0.39, 0.29) is 22.7 Å². The van der Waals surface area contributed by atoms with Gasteiger partial charge < -0.3 is 9.88 Å². The van der Waals surface area contributed by atoms with E-state index in [9.17, 15) is 31.2 Å². The fraction of sp³-hybridized carbons (Fsp3) is 0.154. The van der Waals surface area contributed by atoms with Crippen molar-refractivity contribution in [3.8, 4) is 11.3 Å². The van der Waals surface area contributed by atoms with Crippen molar-refractivity contribution in [3.05, 3.63) is 106 Å². The van der Waals surface area contributed by atoms with E-state index in [0.29, 0.717) is 22.5 Å². The summed E-state index contributed by atoms with van der Waals surface area (Å²) in [4.78, 5) is 38.5. The Labute approximate surface area is 215 Å². The average molecular weight is 543 g/mol. The minimum absolute atomic E-state index is 0.0433. The molecule has 2 heterocycles. The largest absolute Gasteiger partial charge is 0.416 e. The number of nitrogens with zero attached hydrogens (tertiary/aromatic N) is 3. The second-order valence-electron chi connectivity index (χ2n) is 8.50. The number of hydrogen-bond acceptors (Lipinski definition) is 6. The van der Waals surface area contributed by atoms with E-state index >= 15 is 0 Å². The zero-order valence-electron chi connectivity index (χ0n) is 20.2. The third-order valence-electron chi connectivity index (χ3n) is 5.73. The Bertz CT molecular complexity index is 1650.